The molecular formula is C18H24FN3O2. The lowest BCUT2D eigenvalue weighted by Gasteiger charge is -2.23. The number of rotatable bonds is 7. The van der Waals surface area contributed by atoms with Crippen molar-refractivity contribution in [1.82, 2.24) is 15.0 Å². The van der Waals surface area contributed by atoms with Gasteiger partial charge in [-0.3, -0.25) is 4.90 Å². The van der Waals surface area contributed by atoms with Crippen LogP contribution >= 0.6 is 0 Å². The number of hydrogen-bond donors (Lipinski definition) is 1. The number of aliphatic hydroxyl groups is 1. The topological polar surface area (TPSA) is 62.4 Å². The molecule has 1 aromatic heterocycles. The fourth-order valence-corrected chi connectivity index (χ4v) is 3.18. The number of hydrogen-bond acceptors (Lipinski definition) is 5. The van der Waals surface area contributed by atoms with Gasteiger partial charge < -0.3 is 9.63 Å². The zero-order valence-corrected chi connectivity index (χ0v) is 14.0. The number of aryl methyl sites for hydroxylation is 1. The molecule has 130 valence electrons. The van der Waals surface area contributed by atoms with E-state index in [-0.39, 0.29) is 5.82 Å². The number of β-amino-alcohol motifs (C(OH)–C–C–N with tert-alkyl or cyclic N) is 1. The summed E-state index contributed by atoms with van der Waals surface area (Å²) in [4.78, 5) is 6.54. The SMILES string of the molecule is CCCCc1noc(CN2CCC(O)(Cc3ccc(F)cc3)C2)n1. The third kappa shape index (κ3) is 4.39. The minimum Gasteiger partial charge on any atom is -0.388 e. The van der Waals surface area contributed by atoms with Gasteiger partial charge in [-0.15, -0.1) is 0 Å². The van der Waals surface area contributed by atoms with Gasteiger partial charge in [0, 0.05) is 25.9 Å². The Labute approximate surface area is 141 Å². The van der Waals surface area contributed by atoms with E-state index >= 15 is 0 Å². The lowest BCUT2D eigenvalue weighted by molar-refractivity contribution is 0.0477. The summed E-state index contributed by atoms with van der Waals surface area (Å²) in [6, 6.07) is 6.32. The van der Waals surface area contributed by atoms with Gasteiger partial charge in [0.05, 0.1) is 12.1 Å². The van der Waals surface area contributed by atoms with Gasteiger partial charge >= 0.3 is 0 Å². The van der Waals surface area contributed by atoms with Crippen molar-refractivity contribution in [3.8, 4) is 0 Å². The van der Waals surface area contributed by atoms with Crippen LogP contribution in [0.3, 0.4) is 0 Å². The van der Waals surface area contributed by atoms with E-state index < -0.39 is 5.60 Å². The average Bonchev–Trinajstić information content (AvgIpc) is 3.15. The molecule has 6 heteroatoms. The molecule has 0 radical (unpaired) electrons. The van der Waals surface area contributed by atoms with E-state index in [0.29, 0.717) is 31.8 Å². The van der Waals surface area contributed by atoms with E-state index in [0.717, 1.165) is 37.2 Å². The largest absolute Gasteiger partial charge is 0.388 e. The van der Waals surface area contributed by atoms with E-state index in [1.54, 1.807) is 12.1 Å². The zero-order valence-electron chi connectivity index (χ0n) is 14.0. The van der Waals surface area contributed by atoms with Crippen LogP contribution in [0.15, 0.2) is 28.8 Å². The Kier molecular flexibility index (Phi) is 5.26. The van der Waals surface area contributed by atoms with Crippen molar-refractivity contribution in [2.75, 3.05) is 13.1 Å². The molecule has 0 spiro atoms. The maximum Gasteiger partial charge on any atom is 0.240 e. The lowest BCUT2D eigenvalue weighted by atomic mass is 9.94. The molecule has 0 saturated carbocycles. The van der Waals surface area contributed by atoms with E-state index in [4.69, 9.17) is 4.52 Å². The van der Waals surface area contributed by atoms with Gasteiger partial charge in [-0.1, -0.05) is 30.6 Å². The summed E-state index contributed by atoms with van der Waals surface area (Å²) in [5, 5.41) is 14.8. The normalized spacial score (nSPS) is 21.5. The molecule has 2 heterocycles. The van der Waals surface area contributed by atoms with Crippen molar-refractivity contribution in [1.29, 1.82) is 0 Å². The predicted molar refractivity (Wildman–Crippen MR) is 87.9 cm³/mol. The monoisotopic (exact) mass is 333 g/mol. The molecule has 0 amide bonds. The van der Waals surface area contributed by atoms with Crippen molar-refractivity contribution in [2.45, 2.75) is 51.2 Å². The average molecular weight is 333 g/mol. The van der Waals surface area contributed by atoms with Crippen LogP contribution in [0.2, 0.25) is 0 Å². The Hall–Kier alpha value is -1.79. The summed E-state index contributed by atoms with van der Waals surface area (Å²) >= 11 is 0. The number of likely N-dealkylation sites (tertiary alicyclic amines) is 1. The summed E-state index contributed by atoms with van der Waals surface area (Å²) in [7, 11) is 0. The smallest absolute Gasteiger partial charge is 0.240 e. The highest BCUT2D eigenvalue weighted by Crippen LogP contribution is 2.26. The molecule has 3 rings (SSSR count). The van der Waals surface area contributed by atoms with Gasteiger partial charge in [0.1, 0.15) is 5.82 Å². The second kappa shape index (κ2) is 7.40. The predicted octanol–water partition coefficient (Wildman–Crippen LogP) is 2.73. The maximum absolute atomic E-state index is 13.0. The standard InChI is InChI=1S/C18H24FN3O2/c1-2-3-4-16-20-17(24-21-16)12-22-10-9-18(23,13-22)11-14-5-7-15(19)8-6-14/h5-8,23H,2-4,9-13H2,1H3. The second-order valence-corrected chi connectivity index (χ2v) is 6.70. The van der Waals surface area contributed by atoms with E-state index in [9.17, 15) is 9.50 Å². The Morgan fingerprint density at radius 3 is 2.88 bits per heavy atom. The molecule has 1 aromatic carbocycles. The van der Waals surface area contributed by atoms with Gasteiger partial charge in [-0.2, -0.15) is 4.98 Å². The fraction of sp³-hybridized carbons (Fsp3) is 0.556. The summed E-state index contributed by atoms with van der Waals surface area (Å²) in [5.41, 5.74) is 0.156. The minimum atomic E-state index is -0.789. The van der Waals surface area contributed by atoms with Crippen LogP contribution in [-0.2, 0) is 19.4 Å². The molecule has 2 aromatic rings. The molecule has 1 aliphatic rings. The molecule has 1 unspecified atom stereocenters. The highest BCUT2D eigenvalue weighted by Gasteiger charge is 2.36. The summed E-state index contributed by atoms with van der Waals surface area (Å²) in [6.45, 7) is 4.03. The van der Waals surface area contributed by atoms with Crippen LogP contribution < -0.4 is 0 Å². The van der Waals surface area contributed by atoms with Crippen LogP contribution in [0.5, 0.6) is 0 Å². The molecule has 1 atom stereocenters. The zero-order chi connectivity index (χ0) is 17.0. The minimum absolute atomic E-state index is 0.256. The third-order valence-corrected chi connectivity index (χ3v) is 4.48. The van der Waals surface area contributed by atoms with E-state index in [2.05, 4.69) is 22.0 Å². The number of halogens is 1. The highest BCUT2D eigenvalue weighted by atomic mass is 19.1. The molecule has 1 saturated heterocycles. The lowest BCUT2D eigenvalue weighted by Crippen LogP contribution is -2.35. The van der Waals surface area contributed by atoms with Gasteiger partial charge in [0.15, 0.2) is 5.82 Å². The van der Waals surface area contributed by atoms with Crippen molar-refractivity contribution in [3.63, 3.8) is 0 Å². The molecule has 24 heavy (non-hydrogen) atoms. The highest BCUT2D eigenvalue weighted by molar-refractivity contribution is 5.19. The number of benzene rings is 1. The Morgan fingerprint density at radius 2 is 2.12 bits per heavy atom. The Morgan fingerprint density at radius 1 is 1.33 bits per heavy atom. The maximum atomic E-state index is 13.0. The molecule has 0 aliphatic carbocycles. The number of unbranched alkanes of at least 4 members (excludes halogenated alkanes) is 1. The van der Waals surface area contributed by atoms with Crippen LogP contribution in [0.1, 0.15) is 43.5 Å². The quantitative estimate of drug-likeness (QED) is 0.844. The summed E-state index contributed by atoms with van der Waals surface area (Å²) in [6.07, 6.45) is 4.21. The molecule has 1 aliphatic heterocycles. The summed E-state index contributed by atoms with van der Waals surface area (Å²) < 4.78 is 18.3. The number of aromatic nitrogens is 2. The molecule has 1 N–H and O–H groups in total. The van der Waals surface area contributed by atoms with Crippen molar-refractivity contribution >= 4 is 0 Å². The van der Waals surface area contributed by atoms with Crippen LogP contribution in [0.4, 0.5) is 4.39 Å². The van der Waals surface area contributed by atoms with Crippen LogP contribution in [-0.4, -0.2) is 38.8 Å². The first kappa shape index (κ1) is 17.0. The summed E-state index contributed by atoms with van der Waals surface area (Å²) in [5.74, 6) is 1.11. The molecular weight excluding hydrogens is 309 g/mol. The van der Waals surface area contributed by atoms with Crippen molar-refractivity contribution < 1.29 is 14.0 Å². The number of nitrogens with zero attached hydrogens (tertiary/aromatic N) is 3. The van der Waals surface area contributed by atoms with Crippen LogP contribution in [0, 0.1) is 5.82 Å². The first-order chi connectivity index (χ1) is 11.6. The van der Waals surface area contributed by atoms with E-state index in [1.165, 1.54) is 12.1 Å². The first-order valence-electron chi connectivity index (χ1n) is 8.57. The van der Waals surface area contributed by atoms with Gasteiger partial charge in [-0.25, -0.2) is 4.39 Å². The Bertz CT molecular complexity index is 659. The first-order valence-corrected chi connectivity index (χ1v) is 8.57. The van der Waals surface area contributed by atoms with Crippen molar-refractivity contribution in [2.24, 2.45) is 0 Å². The van der Waals surface area contributed by atoms with Crippen molar-refractivity contribution in [3.05, 3.63) is 47.4 Å². The molecule has 1 fully saturated rings. The Balaban J connectivity index is 1.54. The van der Waals surface area contributed by atoms with Crippen LogP contribution in [0.25, 0.3) is 0 Å². The second-order valence-electron chi connectivity index (χ2n) is 6.70. The molecule has 5 nitrogen and oxygen atoms in total. The third-order valence-electron chi connectivity index (χ3n) is 4.48. The van der Waals surface area contributed by atoms with E-state index in [1.807, 2.05) is 0 Å². The van der Waals surface area contributed by atoms with Gasteiger partial charge in [0.2, 0.25) is 5.89 Å². The van der Waals surface area contributed by atoms with Gasteiger partial charge in [-0.05, 0) is 30.5 Å². The van der Waals surface area contributed by atoms with Gasteiger partial charge in [0.25, 0.3) is 0 Å². The molecule has 0 bridgehead atoms. The fourth-order valence-electron chi connectivity index (χ4n) is 3.18.